The monoisotopic (exact) mass is 247 g/mol. The predicted molar refractivity (Wildman–Crippen MR) is 71.7 cm³/mol. The molecule has 98 valence electrons. The fourth-order valence-electron chi connectivity index (χ4n) is 2.10. The van der Waals surface area contributed by atoms with E-state index in [0.717, 1.165) is 24.3 Å². The third-order valence-electron chi connectivity index (χ3n) is 3.61. The molecule has 2 rings (SSSR count). The van der Waals surface area contributed by atoms with Crippen LogP contribution >= 0.6 is 0 Å². The summed E-state index contributed by atoms with van der Waals surface area (Å²) < 4.78 is 0. The molecule has 1 unspecified atom stereocenters. The van der Waals surface area contributed by atoms with Crippen molar-refractivity contribution in [3.63, 3.8) is 0 Å². The van der Waals surface area contributed by atoms with Gasteiger partial charge >= 0.3 is 0 Å². The van der Waals surface area contributed by atoms with Gasteiger partial charge in [0.1, 0.15) is 5.75 Å². The van der Waals surface area contributed by atoms with Gasteiger partial charge in [0.2, 0.25) is 0 Å². The Bertz CT molecular complexity index is 438. The number of carbonyl (C=O) groups excluding carboxylic acids is 1. The molecule has 1 aliphatic rings. The first kappa shape index (κ1) is 12.9. The number of rotatable bonds is 5. The molecule has 18 heavy (non-hydrogen) atoms. The average molecular weight is 247 g/mol. The smallest absolute Gasteiger partial charge is 0.251 e. The molecule has 0 spiro atoms. The standard InChI is InChI=1S/C15H21NO2/c1-3-13(8-11-5-6-11)16-15(18)12-7-4-10(2)14(17)9-12/h4,7,9,11,13,17H,3,5-6,8H2,1-2H3,(H,16,18). The number of benzene rings is 1. The second-order valence-corrected chi connectivity index (χ2v) is 5.26. The minimum Gasteiger partial charge on any atom is -0.508 e. The second kappa shape index (κ2) is 5.42. The van der Waals surface area contributed by atoms with Crippen molar-refractivity contribution in [2.45, 2.75) is 45.6 Å². The van der Waals surface area contributed by atoms with Crippen LogP contribution in [-0.4, -0.2) is 17.1 Å². The Balaban J connectivity index is 1.98. The van der Waals surface area contributed by atoms with Gasteiger partial charge in [0, 0.05) is 11.6 Å². The lowest BCUT2D eigenvalue weighted by molar-refractivity contribution is 0.0932. The maximum absolute atomic E-state index is 12.1. The van der Waals surface area contributed by atoms with Crippen molar-refractivity contribution in [3.05, 3.63) is 29.3 Å². The topological polar surface area (TPSA) is 49.3 Å². The number of hydrogen-bond acceptors (Lipinski definition) is 2. The molecule has 0 radical (unpaired) electrons. The summed E-state index contributed by atoms with van der Waals surface area (Å²) in [7, 11) is 0. The van der Waals surface area contributed by atoms with Gasteiger partial charge in [-0.25, -0.2) is 0 Å². The van der Waals surface area contributed by atoms with E-state index in [4.69, 9.17) is 0 Å². The number of nitrogens with one attached hydrogen (secondary N) is 1. The summed E-state index contributed by atoms with van der Waals surface area (Å²) in [6, 6.07) is 5.32. The minimum atomic E-state index is -0.0854. The molecule has 0 saturated heterocycles. The van der Waals surface area contributed by atoms with Crippen LogP contribution in [0.2, 0.25) is 0 Å². The van der Waals surface area contributed by atoms with Gasteiger partial charge < -0.3 is 10.4 Å². The largest absolute Gasteiger partial charge is 0.508 e. The first-order valence-corrected chi connectivity index (χ1v) is 6.70. The van der Waals surface area contributed by atoms with E-state index >= 15 is 0 Å². The molecule has 0 bridgehead atoms. The Labute approximate surface area is 108 Å². The maximum Gasteiger partial charge on any atom is 0.251 e. The van der Waals surface area contributed by atoms with Crippen molar-refractivity contribution in [1.29, 1.82) is 0 Å². The van der Waals surface area contributed by atoms with Crippen molar-refractivity contribution >= 4 is 5.91 Å². The van der Waals surface area contributed by atoms with Crippen LogP contribution < -0.4 is 5.32 Å². The molecule has 1 amide bonds. The lowest BCUT2D eigenvalue weighted by Gasteiger charge is -2.16. The molecule has 0 heterocycles. The number of amides is 1. The number of carbonyl (C=O) groups is 1. The molecular formula is C15H21NO2. The summed E-state index contributed by atoms with van der Waals surface area (Å²) in [6.45, 7) is 3.92. The summed E-state index contributed by atoms with van der Waals surface area (Å²) in [6.07, 6.45) is 4.65. The second-order valence-electron chi connectivity index (χ2n) is 5.26. The molecule has 3 heteroatoms. The molecule has 1 atom stereocenters. The van der Waals surface area contributed by atoms with Crippen molar-refractivity contribution in [2.75, 3.05) is 0 Å². The van der Waals surface area contributed by atoms with Crippen LogP contribution in [0.1, 0.15) is 48.5 Å². The Hall–Kier alpha value is -1.51. The van der Waals surface area contributed by atoms with Gasteiger partial charge in [0.15, 0.2) is 0 Å². The van der Waals surface area contributed by atoms with E-state index in [1.54, 1.807) is 12.1 Å². The van der Waals surface area contributed by atoms with Gasteiger partial charge in [0.05, 0.1) is 0 Å². The highest BCUT2D eigenvalue weighted by atomic mass is 16.3. The van der Waals surface area contributed by atoms with E-state index in [1.165, 1.54) is 18.9 Å². The van der Waals surface area contributed by atoms with Crippen molar-refractivity contribution in [3.8, 4) is 5.75 Å². The van der Waals surface area contributed by atoms with Crippen LogP contribution in [0.5, 0.6) is 5.75 Å². The summed E-state index contributed by atoms with van der Waals surface area (Å²) >= 11 is 0. The quantitative estimate of drug-likeness (QED) is 0.840. The number of phenolic OH excluding ortho intramolecular Hbond substituents is 1. The van der Waals surface area contributed by atoms with Gasteiger partial charge in [-0.15, -0.1) is 0 Å². The average Bonchev–Trinajstić information content (AvgIpc) is 3.15. The molecular weight excluding hydrogens is 226 g/mol. The van der Waals surface area contributed by atoms with E-state index in [2.05, 4.69) is 12.2 Å². The summed E-state index contributed by atoms with van der Waals surface area (Å²) in [4.78, 5) is 12.1. The van der Waals surface area contributed by atoms with Crippen LogP contribution in [0.25, 0.3) is 0 Å². The molecule has 0 aromatic heterocycles. The van der Waals surface area contributed by atoms with E-state index in [-0.39, 0.29) is 17.7 Å². The van der Waals surface area contributed by atoms with Crippen LogP contribution in [0.15, 0.2) is 18.2 Å². The highest BCUT2D eigenvalue weighted by molar-refractivity contribution is 5.94. The SMILES string of the molecule is CCC(CC1CC1)NC(=O)c1ccc(C)c(O)c1. The van der Waals surface area contributed by atoms with Crippen molar-refractivity contribution < 1.29 is 9.90 Å². The normalized spacial score (nSPS) is 16.3. The van der Waals surface area contributed by atoms with E-state index in [0.29, 0.717) is 5.56 Å². The summed E-state index contributed by atoms with van der Waals surface area (Å²) in [5.74, 6) is 0.900. The Morgan fingerprint density at radius 3 is 2.78 bits per heavy atom. The third-order valence-corrected chi connectivity index (χ3v) is 3.61. The van der Waals surface area contributed by atoms with Gasteiger partial charge in [-0.05, 0) is 43.4 Å². The Morgan fingerprint density at radius 2 is 2.22 bits per heavy atom. The predicted octanol–water partition coefficient (Wildman–Crippen LogP) is 3.01. The zero-order valence-electron chi connectivity index (χ0n) is 11.1. The number of hydrogen-bond donors (Lipinski definition) is 2. The summed E-state index contributed by atoms with van der Waals surface area (Å²) in [5, 5.41) is 12.7. The lowest BCUT2D eigenvalue weighted by atomic mass is 10.1. The first-order valence-electron chi connectivity index (χ1n) is 6.70. The Kier molecular flexibility index (Phi) is 3.90. The van der Waals surface area contributed by atoms with E-state index in [1.807, 2.05) is 6.92 Å². The number of phenols is 1. The van der Waals surface area contributed by atoms with Gasteiger partial charge in [0.25, 0.3) is 5.91 Å². The summed E-state index contributed by atoms with van der Waals surface area (Å²) in [5.41, 5.74) is 1.32. The number of aromatic hydroxyl groups is 1. The van der Waals surface area contributed by atoms with Crippen LogP contribution in [0.4, 0.5) is 0 Å². The highest BCUT2D eigenvalue weighted by Gasteiger charge is 2.25. The molecule has 1 fully saturated rings. The van der Waals surface area contributed by atoms with Crippen LogP contribution in [0, 0.1) is 12.8 Å². The molecule has 1 aromatic carbocycles. The van der Waals surface area contributed by atoms with Gasteiger partial charge in [-0.2, -0.15) is 0 Å². The Morgan fingerprint density at radius 1 is 1.50 bits per heavy atom. The van der Waals surface area contributed by atoms with Gasteiger partial charge in [-0.1, -0.05) is 25.8 Å². The molecule has 2 N–H and O–H groups in total. The minimum absolute atomic E-state index is 0.0854. The van der Waals surface area contributed by atoms with E-state index < -0.39 is 0 Å². The van der Waals surface area contributed by atoms with Gasteiger partial charge in [-0.3, -0.25) is 4.79 Å². The molecule has 3 nitrogen and oxygen atoms in total. The lowest BCUT2D eigenvalue weighted by Crippen LogP contribution is -2.34. The third kappa shape index (κ3) is 3.25. The van der Waals surface area contributed by atoms with Crippen molar-refractivity contribution in [2.24, 2.45) is 5.92 Å². The van der Waals surface area contributed by atoms with Crippen LogP contribution in [0.3, 0.4) is 0 Å². The van der Waals surface area contributed by atoms with Crippen molar-refractivity contribution in [1.82, 2.24) is 5.32 Å². The number of aryl methyl sites for hydroxylation is 1. The maximum atomic E-state index is 12.1. The zero-order valence-corrected chi connectivity index (χ0v) is 11.1. The molecule has 1 aliphatic carbocycles. The molecule has 1 aromatic rings. The zero-order chi connectivity index (χ0) is 13.1. The van der Waals surface area contributed by atoms with E-state index in [9.17, 15) is 9.90 Å². The fourth-order valence-corrected chi connectivity index (χ4v) is 2.10. The first-order chi connectivity index (χ1) is 8.60. The fraction of sp³-hybridized carbons (Fsp3) is 0.533. The highest BCUT2D eigenvalue weighted by Crippen LogP contribution is 2.34. The molecule has 0 aliphatic heterocycles. The molecule has 1 saturated carbocycles. The van der Waals surface area contributed by atoms with Crippen LogP contribution in [-0.2, 0) is 0 Å².